The van der Waals surface area contributed by atoms with Gasteiger partial charge in [0.25, 0.3) is 5.91 Å². The highest BCUT2D eigenvalue weighted by Crippen LogP contribution is 2.51. The molecule has 2 aliphatic heterocycles. The van der Waals surface area contributed by atoms with Crippen LogP contribution in [0.5, 0.6) is 0 Å². The van der Waals surface area contributed by atoms with E-state index in [-0.39, 0.29) is 23.3 Å². The van der Waals surface area contributed by atoms with Crippen molar-refractivity contribution in [3.8, 4) is 0 Å². The van der Waals surface area contributed by atoms with Crippen LogP contribution in [-0.4, -0.2) is 69.5 Å². The highest BCUT2D eigenvalue weighted by molar-refractivity contribution is 5.98. The van der Waals surface area contributed by atoms with Gasteiger partial charge in [0.05, 0.1) is 11.9 Å². The van der Waals surface area contributed by atoms with Gasteiger partial charge in [-0.05, 0) is 74.6 Å². The van der Waals surface area contributed by atoms with Crippen molar-refractivity contribution in [1.29, 1.82) is 0 Å². The zero-order chi connectivity index (χ0) is 27.4. The average Bonchev–Trinajstić information content (AvgIpc) is 3.73. The lowest BCUT2D eigenvalue weighted by Crippen LogP contribution is -2.37. The van der Waals surface area contributed by atoms with E-state index < -0.39 is 0 Å². The fourth-order valence-corrected chi connectivity index (χ4v) is 7.74. The zero-order valence-electron chi connectivity index (χ0n) is 23.4. The summed E-state index contributed by atoms with van der Waals surface area (Å²) in [7, 11) is 3.56. The second kappa shape index (κ2) is 9.83. The standard InChI is InChI=1S/C30H38N8O2/c1-36(2)28(40)24-12-20-16-33-29(35-27(20)38(24)21-7-3-4-8-21)34-25-10-9-22(17-32-25)37-18-30(15-26(37)39)13-19-6-5-11-31-23(19)14-30/h9-10,12,16-17,19,21,23,31H,3-8,11,13-15,18H2,1-2H3,(H,32,33,34,35). The van der Waals surface area contributed by atoms with Crippen LogP contribution in [0.1, 0.15) is 74.3 Å². The van der Waals surface area contributed by atoms with Crippen LogP contribution in [0.4, 0.5) is 17.5 Å². The first-order valence-corrected chi connectivity index (χ1v) is 14.8. The quantitative estimate of drug-likeness (QED) is 0.496. The molecule has 3 aromatic heterocycles. The molecule has 1 spiro atoms. The Hall–Kier alpha value is -3.53. The van der Waals surface area contributed by atoms with E-state index in [0.717, 1.165) is 68.3 Å². The first-order valence-electron chi connectivity index (χ1n) is 14.8. The van der Waals surface area contributed by atoms with Gasteiger partial charge in [-0.25, -0.2) is 9.97 Å². The van der Waals surface area contributed by atoms with Gasteiger partial charge in [-0.3, -0.25) is 9.59 Å². The van der Waals surface area contributed by atoms with E-state index in [4.69, 9.17) is 4.98 Å². The Labute approximate surface area is 234 Å². The largest absolute Gasteiger partial charge is 0.343 e. The van der Waals surface area contributed by atoms with Crippen LogP contribution in [-0.2, 0) is 4.79 Å². The number of piperidine rings is 1. The zero-order valence-corrected chi connectivity index (χ0v) is 23.4. The number of fused-ring (bicyclic) bond motifs is 2. The minimum absolute atomic E-state index is 0.0254. The summed E-state index contributed by atoms with van der Waals surface area (Å²) in [5.74, 6) is 1.93. The molecule has 0 bridgehead atoms. The van der Waals surface area contributed by atoms with Crippen molar-refractivity contribution in [3.05, 3.63) is 36.3 Å². The van der Waals surface area contributed by atoms with E-state index in [1.165, 1.54) is 12.8 Å². The number of hydrogen-bond donors (Lipinski definition) is 2. The van der Waals surface area contributed by atoms with E-state index in [1.54, 1.807) is 31.4 Å². The normalized spacial score (nSPS) is 26.6. The number of carbonyl (C=O) groups is 2. The van der Waals surface area contributed by atoms with Gasteiger partial charge < -0.3 is 25.0 Å². The Balaban J connectivity index is 1.10. The third-order valence-electron chi connectivity index (χ3n) is 9.59. The van der Waals surface area contributed by atoms with Crippen LogP contribution in [0, 0.1) is 11.3 Å². The molecule has 2 N–H and O–H groups in total. The highest BCUT2D eigenvalue weighted by atomic mass is 16.2. The minimum atomic E-state index is -0.0254. The summed E-state index contributed by atoms with van der Waals surface area (Å²) in [6.45, 7) is 1.88. The molecule has 7 rings (SSSR count). The summed E-state index contributed by atoms with van der Waals surface area (Å²) in [6, 6.07) is 6.57. The van der Waals surface area contributed by atoms with Crippen molar-refractivity contribution < 1.29 is 9.59 Å². The topological polar surface area (TPSA) is 108 Å². The fraction of sp³-hybridized carbons (Fsp3) is 0.567. The Morgan fingerprint density at radius 1 is 1.10 bits per heavy atom. The van der Waals surface area contributed by atoms with Crippen LogP contribution in [0.25, 0.3) is 11.0 Å². The Morgan fingerprint density at radius 3 is 2.70 bits per heavy atom. The molecule has 4 aliphatic rings. The monoisotopic (exact) mass is 542 g/mol. The van der Waals surface area contributed by atoms with Gasteiger partial charge in [-0.2, -0.15) is 4.98 Å². The summed E-state index contributed by atoms with van der Waals surface area (Å²) in [5.41, 5.74) is 2.36. The summed E-state index contributed by atoms with van der Waals surface area (Å²) in [4.78, 5) is 43.6. The number of rotatable bonds is 5. The molecule has 2 aliphatic carbocycles. The Morgan fingerprint density at radius 2 is 1.95 bits per heavy atom. The smallest absolute Gasteiger partial charge is 0.270 e. The highest BCUT2D eigenvalue weighted by Gasteiger charge is 2.52. The third-order valence-corrected chi connectivity index (χ3v) is 9.59. The number of hydrogen-bond acceptors (Lipinski definition) is 7. The van der Waals surface area contributed by atoms with Crippen LogP contribution in [0.2, 0.25) is 0 Å². The summed E-state index contributed by atoms with van der Waals surface area (Å²) in [5, 5.41) is 7.78. The van der Waals surface area contributed by atoms with E-state index >= 15 is 0 Å². The van der Waals surface area contributed by atoms with Gasteiger partial charge in [0.1, 0.15) is 17.2 Å². The molecule has 10 heteroatoms. The first-order chi connectivity index (χ1) is 19.4. The molecule has 5 heterocycles. The van der Waals surface area contributed by atoms with Crippen molar-refractivity contribution in [1.82, 2.24) is 29.7 Å². The van der Waals surface area contributed by atoms with Crippen molar-refractivity contribution in [2.75, 3.05) is 37.4 Å². The maximum absolute atomic E-state index is 13.1. The number of aromatic nitrogens is 4. The molecule has 10 nitrogen and oxygen atoms in total. The number of nitrogens with one attached hydrogen (secondary N) is 2. The van der Waals surface area contributed by atoms with Crippen LogP contribution in [0.15, 0.2) is 30.6 Å². The number of anilines is 3. The number of amides is 2. The van der Waals surface area contributed by atoms with Crippen LogP contribution < -0.4 is 15.5 Å². The maximum atomic E-state index is 13.1. The second-order valence-electron chi connectivity index (χ2n) is 12.6. The van der Waals surface area contributed by atoms with Gasteiger partial charge in [-0.15, -0.1) is 0 Å². The minimum Gasteiger partial charge on any atom is -0.343 e. The summed E-state index contributed by atoms with van der Waals surface area (Å²) >= 11 is 0. The number of pyridine rings is 1. The van der Waals surface area contributed by atoms with E-state index in [0.29, 0.717) is 35.8 Å². The van der Waals surface area contributed by atoms with Gasteiger partial charge in [0.15, 0.2) is 0 Å². The molecule has 0 radical (unpaired) electrons. The maximum Gasteiger partial charge on any atom is 0.270 e. The van der Waals surface area contributed by atoms with Crippen molar-refractivity contribution in [2.45, 2.75) is 69.9 Å². The lowest BCUT2D eigenvalue weighted by Gasteiger charge is -2.26. The molecule has 3 unspecified atom stereocenters. The second-order valence-corrected chi connectivity index (χ2v) is 12.6. The molecular weight excluding hydrogens is 504 g/mol. The average molecular weight is 543 g/mol. The molecule has 4 fully saturated rings. The number of nitrogens with zero attached hydrogens (tertiary/aromatic N) is 6. The van der Waals surface area contributed by atoms with Crippen LogP contribution in [0.3, 0.4) is 0 Å². The SMILES string of the molecule is CN(C)C(=O)c1cc2cnc(Nc3ccc(N4CC5(CC4=O)CC4CCCNC4C5)cn3)nc2n1C1CCCC1. The summed E-state index contributed by atoms with van der Waals surface area (Å²) < 4.78 is 2.11. The molecule has 40 heavy (non-hydrogen) atoms. The molecule has 210 valence electrons. The van der Waals surface area contributed by atoms with Gasteiger partial charge >= 0.3 is 0 Å². The molecule has 3 aromatic rings. The van der Waals surface area contributed by atoms with Crippen molar-refractivity contribution in [3.63, 3.8) is 0 Å². The fourth-order valence-electron chi connectivity index (χ4n) is 7.74. The molecule has 2 saturated heterocycles. The van der Waals surface area contributed by atoms with Crippen LogP contribution >= 0.6 is 0 Å². The lowest BCUT2D eigenvalue weighted by atomic mass is 9.84. The summed E-state index contributed by atoms with van der Waals surface area (Å²) in [6.07, 6.45) is 13.3. The molecule has 0 aromatic carbocycles. The van der Waals surface area contributed by atoms with Gasteiger partial charge in [0, 0.05) is 50.7 Å². The van der Waals surface area contributed by atoms with Gasteiger partial charge in [-0.1, -0.05) is 12.8 Å². The van der Waals surface area contributed by atoms with E-state index in [1.807, 2.05) is 23.1 Å². The number of carbonyl (C=O) groups excluding carboxylic acids is 2. The van der Waals surface area contributed by atoms with E-state index in [2.05, 4.69) is 25.2 Å². The lowest BCUT2D eigenvalue weighted by molar-refractivity contribution is -0.117. The predicted octanol–water partition coefficient (Wildman–Crippen LogP) is 4.27. The van der Waals surface area contributed by atoms with Crippen molar-refractivity contribution >= 4 is 40.3 Å². The Kier molecular flexibility index (Phi) is 6.25. The molecular formula is C30H38N8O2. The third kappa shape index (κ3) is 4.42. The van der Waals surface area contributed by atoms with Crippen molar-refractivity contribution in [2.24, 2.45) is 11.3 Å². The predicted molar refractivity (Wildman–Crippen MR) is 154 cm³/mol. The van der Waals surface area contributed by atoms with Gasteiger partial charge in [0.2, 0.25) is 11.9 Å². The molecule has 2 saturated carbocycles. The Bertz CT molecular complexity index is 1430. The van der Waals surface area contributed by atoms with E-state index in [9.17, 15) is 9.59 Å². The first kappa shape index (κ1) is 25.4. The molecule has 2 amide bonds. The molecule has 3 atom stereocenters.